The zero-order valence-electron chi connectivity index (χ0n) is 9.17. The van der Waals surface area contributed by atoms with Crippen LogP contribution in [0.3, 0.4) is 0 Å². The van der Waals surface area contributed by atoms with Gasteiger partial charge >= 0.3 is 5.97 Å². The average Bonchev–Trinajstić information content (AvgIpc) is 2.28. The molecule has 0 unspecified atom stereocenters. The first-order chi connectivity index (χ1) is 8.01. The van der Waals surface area contributed by atoms with E-state index in [-0.39, 0.29) is 27.9 Å². The summed E-state index contributed by atoms with van der Waals surface area (Å²) >= 11 is 3.01. The van der Waals surface area contributed by atoms with E-state index in [2.05, 4.69) is 25.7 Å². The molecule has 17 heavy (non-hydrogen) atoms. The number of hydrogen-bond donors (Lipinski definition) is 0. The lowest BCUT2D eigenvalue weighted by molar-refractivity contribution is -0.139. The van der Waals surface area contributed by atoms with Crippen LogP contribution in [0.1, 0.15) is 17.7 Å². The molecule has 0 amide bonds. The van der Waals surface area contributed by atoms with Crippen LogP contribution in [-0.2, 0) is 16.0 Å². The lowest BCUT2D eigenvalue weighted by Crippen LogP contribution is -2.09. The number of ether oxygens (including phenoxy) is 2. The van der Waals surface area contributed by atoms with Crippen LogP contribution in [0.2, 0.25) is 0 Å². The molecule has 0 saturated heterocycles. The van der Waals surface area contributed by atoms with Crippen LogP contribution in [0, 0.1) is 0 Å². The molecule has 0 atom stereocenters. The molecule has 1 aromatic rings. The summed E-state index contributed by atoms with van der Waals surface area (Å²) in [7, 11) is 2.55. The Hall–Kier alpha value is -1.24. The maximum absolute atomic E-state index is 12.6. The smallest absolute Gasteiger partial charge is 0.311 e. The highest BCUT2D eigenvalue weighted by molar-refractivity contribution is 9.10. The molecule has 0 N–H and O–H groups in total. The summed E-state index contributed by atoms with van der Waals surface area (Å²) in [6.07, 6.45) is -1.80. The Balaban J connectivity index is 3.16. The van der Waals surface area contributed by atoms with Gasteiger partial charge in [0, 0.05) is 6.20 Å². The normalized spacial score (nSPS) is 10.5. The first kappa shape index (κ1) is 13.8. The number of carbonyl (C=O) groups is 1. The minimum absolute atomic E-state index is 0.101. The number of carbonyl (C=O) groups excluding carboxylic acids is 1. The molecule has 7 heteroatoms. The van der Waals surface area contributed by atoms with Crippen LogP contribution >= 0.6 is 15.9 Å². The molecule has 94 valence electrons. The standard InChI is InChI=1S/C10H10BrF2NO3/c1-16-7(15)3-6-9(17-2)8(11)5(4-14-6)10(12)13/h4,10H,3H2,1-2H3. The number of hydrogen-bond acceptors (Lipinski definition) is 4. The first-order valence-corrected chi connectivity index (χ1v) is 5.36. The molecule has 1 aromatic heterocycles. The Morgan fingerprint density at radius 2 is 2.18 bits per heavy atom. The van der Waals surface area contributed by atoms with E-state index in [0.29, 0.717) is 0 Å². The molecule has 0 bridgehead atoms. The maximum atomic E-state index is 12.6. The van der Waals surface area contributed by atoms with Gasteiger partial charge in [0.2, 0.25) is 0 Å². The Bertz CT molecular complexity index is 426. The summed E-state index contributed by atoms with van der Waals surface area (Å²) < 4.78 is 34.7. The van der Waals surface area contributed by atoms with E-state index in [4.69, 9.17) is 4.74 Å². The summed E-state index contributed by atoms with van der Waals surface area (Å²) in [6.45, 7) is 0. The third kappa shape index (κ3) is 3.12. The second-order valence-corrected chi connectivity index (χ2v) is 3.85. The van der Waals surface area contributed by atoms with Crippen LogP contribution < -0.4 is 4.74 Å². The Labute approximate surface area is 105 Å². The van der Waals surface area contributed by atoms with E-state index in [1.165, 1.54) is 14.2 Å². The number of esters is 1. The Morgan fingerprint density at radius 3 is 2.65 bits per heavy atom. The number of halogens is 3. The average molecular weight is 310 g/mol. The Morgan fingerprint density at radius 1 is 1.53 bits per heavy atom. The van der Waals surface area contributed by atoms with Gasteiger partial charge in [-0.3, -0.25) is 9.78 Å². The monoisotopic (exact) mass is 309 g/mol. The van der Waals surface area contributed by atoms with Gasteiger partial charge in [-0.25, -0.2) is 8.78 Å². The molecule has 0 saturated carbocycles. The van der Waals surface area contributed by atoms with Gasteiger partial charge in [-0.1, -0.05) is 0 Å². The zero-order chi connectivity index (χ0) is 13.0. The van der Waals surface area contributed by atoms with Crippen molar-refractivity contribution >= 4 is 21.9 Å². The van der Waals surface area contributed by atoms with Crippen molar-refractivity contribution in [3.05, 3.63) is 21.9 Å². The van der Waals surface area contributed by atoms with Gasteiger partial charge < -0.3 is 9.47 Å². The van der Waals surface area contributed by atoms with E-state index in [1.807, 2.05) is 0 Å². The third-order valence-corrected chi connectivity index (χ3v) is 2.87. The quantitative estimate of drug-likeness (QED) is 0.802. The van der Waals surface area contributed by atoms with E-state index in [9.17, 15) is 13.6 Å². The summed E-state index contributed by atoms with van der Waals surface area (Å²) in [4.78, 5) is 14.9. The van der Waals surface area contributed by atoms with Crippen molar-refractivity contribution in [3.63, 3.8) is 0 Å². The molecule has 0 spiro atoms. The highest BCUT2D eigenvalue weighted by Crippen LogP contribution is 2.36. The van der Waals surface area contributed by atoms with Gasteiger partial charge in [-0.15, -0.1) is 0 Å². The predicted octanol–water partition coefficient (Wildman–Crippen LogP) is 2.51. The fourth-order valence-corrected chi connectivity index (χ4v) is 1.88. The van der Waals surface area contributed by atoms with Crippen LogP contribution in [0.4, 0.5) is 8.78 Å². The number of pyridine rings is 1. The number of rotatable bonds is 4. The van der Waals surface area contributed by atoms with Gasteiger partial charge in [0.15, 0.2) is 5.75 Å². The molecular formula is C10H10BrF2NO3. The van der Waals surface area contributed by atoms with Crippen molar-refractivity contribution < 1.29 is 23.0 Å². The van der Waals surface area contributed by atoms with Crippen molar-refractivity contribution in [2.24, 2.45) is 0 Å². The third-order valence-electron chi connectivity index (χ3n) is 2.05. The van der Waals surface area contributed by atoms with Gasteiger partial charge in [0.1, 0.15) is 0 Å². The van der Waals surface area contributed by atoms with Crippen molar-refractivity contribution in [2.45, 2.75) is 12.8 Å². The van der Waals surface area contributed by atoms with E-state index in [1.54, 1.807) is 0 Å². The highest BCUT2D eigenvalue weighted by Gasteiger charge is 2.20. The van der Waals surface area contributed by atoms with Crippen molar-refractivity contribution in [1.82, 2.24) is 4.98 Å². The van der Waals surface area contributed by atoms with Gasteiger partial charge in [0.25, 0.3) is 6.43 Å². The summed E-state index contributed by atoms with van der Waals surface area (Å²) in [5.74, 6) is -0.402. The number of methoxy groups -OCH3 is 2. The molecule has 0 radical (unpaired) electrons. The topological polar surface area (TPSA) is 48.4 Å². The molecule has 1 heterocycles. The Kier molecular flexibility index (Phi) is 4.80. The maximum Gasteiger partial charge on any atom is 0.311 e. The summed E-state index contributed by atoms with van der Waals surface area (Å²) in [6, 6.07) is 0. The molecule has 0 aliphatic heterocycles. The molecule has 1 rings (SSSR count). The minimum atomic E-state index is -2.67. The lowest BCUT2D eigenvalue weighted by atomic mass is 10.2. The molecule has 0 aliphatic rings. The molecular weight excluding hydrogens is 300 g/mol. The van der Waals surface area contributed by atoms with Crippen LogP contribution in [0.15, 0.2) is 10.7 Å². The van der Waals surface area contributed by atoms with Crippen molar-refractivity contribution in [3.8, 4) is 5.75 Å². The second kappa shape index (κ2) is 5.90. The SMILES string of the molecule is COC(=O)Cc1ncc(C(F)F)c(Br)c1OC. The lowest BCUT2D eigenvalue weighted by Gasteiger charge is -2.12. The van der Waals surface area contributed by atoms with Crippen molar-refractivity contribution in [1.29, 1.82) is 0 Å². The molecule has 0 aliphatic carbocycles. The molecule has 0 fully saturated rings. The van der Waals surface area contributed by atoms with Crippen molar-refractivity contribution in [2.75, 3.05) is 14.2 Å². The van der Waals surface area contributed by atoms with E-state index < -0.39 is 12.4 Å². The highest BCUT2D eigenvalue weighted by atomic mass is 79.9. The minimum Gasteiger partial charge on any atom is -0.494 e. The van der Waals surface area contributed by atoms with E-state index >= 15 is 0 Å². The van der Waals surface area contributed by atoms with Gasteiger partial charge in [-0.05, 0) is 15.9 Å². The van der Waals surface area contributed by atoms with Crippen LogP contribution in [0.25, 0.3) is 0 Å². The fraction of sp³-hybridized carbons (Fsp3) is 0.400. The number of nitrogens with zero attached hydrogens (tertiary/aromatic N) is 1. The van der Waals surface area contributed by atoms with Gasteiger partial charge in [0.05, 0.1) is 36.4 Å². The largest absolute Gasteiger partial charge is 0.494 e. The zero-order valence-corrected chi connectivity index (χ0v) is 10.8. The summed E-state index contributed by atoms with van der Waals surface area (Å²) in [5.41, 5.74) is -0.0360. The predicted molar refractivity (Wildman–Crippen MR) is 59.2 cm³/mol. The van der Waals surface area contributed by atoms with Crippen LogP contribution in [-0.4, -0.2) is 25.2 Å². The first-order valence-electron chi connectivity index (χ1n) is 4.57. The number of alkyl halides is 2. The summed E-state index contributed by atoms with van der Waals surface area (Å²) in [5, 5.41) is 0. The van der Waals surface area contributed by atoms with Gasteiger partial charge in [-0.2, -0.15) is 0 Å². The number of aromatic nitrogens is 1. The second-order valence-electron chi connectivity index (χ2n) is 3.06. The van der Waals surface area contributed by atoms with E-state index in [0.717, 1.165) is 6.20 Å². The molecule has 0 aromatic carbocycles. The van der Waals surface area contributed by atoms with Crippen LogP contribution in [0.5, 0.6) is 5.75 Å². The fourth-order valence-electron chi connectivity index (χ4n) is 1.21. The molecule has 4 nitrogen and oxygen atoms in total.